The Morgan fingerprint density at radius 2 is 2.38 bits per heavy atom. The largest absolute Gasteiger partial charge is 0.315 e. The van der Waals surface area contributed by atoms with E-state index in [0.717, 1.165) is 19.5 Å². The molecule has 2 rings (SSSR count). The van der Waals surface area contributed by atoms with E-state index in [9.17, 15) is 4.39 Å². The van der Waals surface area contributed by atoms with Crippen molar-refractivity contribution in [3.8, 4) is 0 Å². The number of benzene rings is 1. The Labute approximate surface area is 100 Å². The minimum Gasteiger partial charge on any atom is -0.315 e. The molecular weight excluding hydrogens is 227 g/mol. The van der Waals surface area contributed by atoms with Crippen LogP contribution in [0.4, 0.5) is 4.39 Å². The molecule has 1 atom stereocenters. The van der Waals surface area contributed by atoms with Crippen LogP contribution in [0.5, 0.6) is 0 Å². The van der Waals surface area contributed by atoms with Gasteiger partial charge in [0.25, 0.3) is 0 Å². The highest BCUT2D eigenvalue weighted by atomic mass is 35.5. The first-order valence-corrected chi connectivity index (χ1v) is 6.02. The van der Waals surface area contributed by atoms with E-state index in [-0.39, 0.29) is 5.82 Å². The van der Waals surface area contributed by atoms with Gasteiger partial charge >= 0.3 is 0 Å². The van der Waals surface area contributed by atoms with E-state index in [4.69, 9.17) is 11.6 Å². The van der Waals surface area contributed by atoms with Crippen LogP contribution >= 0.6 is 11.6 Å². The molecular formula is C12H16ClFN2. The van der Waals surface area contributed by atoms with Crippen molar-refractivity contribution in [2.45, 2.75) is 25.4 Å². The molecule has 1 fully saturated rings. The van der Waals surface area contributed by atoms with Gasteiger partial charge in [0.1, 0.15) is 5.82 Å². The standard InChI is InChI=1S/C12H16ClFN2/c13-11-4-1-5-12(14)10(11)8-16-9-3-2-6-15-7-9/h1,4-5,9,15-16H,2-3,6-8H2/t9-/m0/s1. The van der Waals surface area contributed by atoms with Gasteiger partial charge in [-0.25, -0.2) is 4.39 Å². The number of rotatable bonds is 3. The highest BCUT2D eigenvalue weighted by Crippen LogP contribution is 2.19. The van der Waals surface area contributed by atoms with Crippen molar-refractivity contribution in [1.82, 2.24) is 10.6 Å². The monoisotopic (exact) mass is 242 g/mol. The smallest absolute Gasteiger partial charge is 0.129 e. The second kappa shape index (κ2) is 5.62. The van der Waals surface area contributed by atoms with E-state index in [1.807, 2.05) is 0 Å². The Hall–Kier alpha value is -0.640. The zero-order valence-electron chi connectivity index (χ0n) is 9.10. The van der Waals surface area contributed by atoms with E-state index < -0.39 is 0 Å². The van der Waals surface area contributed by atoms with E-state index >= 15 is 0 Å². The van der Waals surface area contributed by atoms with E-state index in [2.05, 4.69) is 10.6 Å². The molecule has 1 aromatic rings. The van der Waals surface area contributed by atoms with Crippen molar-refractivity contribution < 1.29 is 4.39 Å². The molecule has 0 radical (unpaired) electrons. The Morgan fingerprint density at radius 1 is 1.50 bits per heavy atom. The summed E-state index contributed by atoms with van der Waals surface area (Å²) >= 11 is 5.95. The molecule has 0 aromatic heterocycles. The number of piperidine rings is 1. The molecule has 2 N–H and O–H groups in total. The van der Waals surface area contributed by atoms with Gasteiger partial charge in [0.05, 0.1) is 0 Å². The second-order valence-corrected chi connectivity index (χ2v) is 4.53. The Morgan fingerprint density at radius 3 is 3.06 bits per heavy atom. The second-order valence-electron chi connectivity index (χ2n) is 4.12. The Kier molecular flexibility index (Phi) is 4.16. The first kappa shape index (κ1) is 11.8. The summed E-state index contributed by atoms with van der Waals surface area (Å²) in [7, 11) is 0. The highest BCUT2D eigenvalue weighted by molar-refractivity contribution is 6.31. The lowest BCUT2D eigenvalue weighted by molar-refractivity contribution is 0.386. The van der Waals surface area contributed by atoms with Gasteiger partial charge in [-0.3, -0.25) is 0 Å². The molecule has 1 saturated heterocycles. The highest BCUT2D eigenvalue weighted by Gasteiger charge is 2.13. The van der Waals surface area contributed by atoms with Gasteiger partial charge in [-0.1, -0.05) is 17.7 Å². The van der Waals surface area contributed by atoms with Crippen LogP contribution in [-0.4, -0.2) is 19.1 Å². The average molecular weight is 243 g/mol. The van der Waals surface area contributed by atoms with Crippen LogP contribution in [0.25, 0.3) is 0 Å². The molecule has 0 spiro atoms. The molecule has 1 aromatic carbocycles. The van der Waals surface area contributed by atoms with Crippen LogP contribution in [0.2, 0.25) is 5.02 Å². The maximum atomic E-state index is 13.5. The van der Waals surface area contributed by atoms with Crippen molar-refractivity contribution in [2.75, 3.05) is 13.1 Å². The van der Waals surface area contributed by atoms with Crippen molar-refractivity contribution in [1.29, 1.82) is 0 Å². The topological polar surface area (TPSA) is 24.1 Å². The summed E-state index contributed by atoms with van der Waals surface area (Å²) in [6, 6.07) is 5.22. The normalized spacial score (nSPS) is 21.0. The first-order valence-electron chi connectivity index (χ1n) is 5.64. The minimum absolute atomic E-state index is 0.233. The molecule has 0 bridgehead atoms. The van der Waals surface area contributed by atoms with Gasteiger partial charge in [0.2, 0.25) is 0 Å². The predicted molar refractivity (Wildman–Crippen MR) is 64.1 cm³/mol. The molecule has 16 heavy (non-hydrogen) atoms. The summed E-state index contributed by atoms with van der Waals surface area (Å²) in [4.78, 5) is 0. The molecule has 1 aliphatic heterocycles. The maximum Gasteiger partial charge on any atom is 0.129 e. The van der Waals surface area contributed by atoms with Gasteiger partial charge < -0.3 is 10.6 Å². The third-order valence-electron chi connectivity index (χ3n) is 2.93. The van der Waals surface area contributed by atoms with Crippen LogP contribution in [-0.2, 0) is 6.54 Å². The zero-order valence-corrected chi connectivity index (χ0v) is 9.86. The van der Waals surface area contributed by atoms with Crippen molar-refractivity contribution in [2.24, 2.45) is 0 Å². The van der Waals surface area contributed by atoms with Crippen molar-refractivity contribution >= 4 is 11.6 Å². The summed E-state index contributed by atoms with van der Waals surface area (Å²) in [5, 5.41) is 7.14. The first-order chi connectivity index (χ1) is 7.77. The maximum absolute atomic E-state index is 13.5. The molecule has 0 saturated carbocycles. The van der Waals surface area contributed by atoms with E-state index in [0.29, 0.717) is 23.2 Å². The van der Waals surface area contributed by atoms with E-state index in [1.165, 1.54) is 12.5 Å². The molecule has 2 nitrogen and oxygen atoms in total. The third kappa shape index (κ3) is 2.94. The Bertz CT molecular complexity index is 331. The van der Waals surface area contributed by atoms with Crippen molar-refractivity contribution in [3.05, 3.63) is 34.6 Å². The lowest BCUT2D eigenvalue weighted by atomic mass is 10.1. The van der Waals surface area contributed by atoms with Crippen LogP contribution in [0.3, 0.4) is 0 Å². The molecule has 4 heteroatoms. The van der Waals surface area contributed by atoms with Crippen molar-refractivity contribution in [3.63, 3.8) is 0 Å². The van der Waals surface area contributed by atoms with Gasteiger partial charge in [0.15, 0.2) is 0 Å². The van der Waals surface area contributed by atoms with Crippen LogP contribution in [0.15, 0.2) is 18.2 Å². The fourth-order valence-electron chi connectivity index (χ4n) is 1.97. The number of hydrogen-bond acceptors (Lipinski definition) is 2. The van der Waals surface area contributed by atoms with Crippen LogP contribution in [0.1, 0.15) is 18.4 Å². The van der Waals surface area contributed by atoms with Crippen LogP contribution in [0, 0.1) is 5.82 Å². The summed E-state index contributed by atoms with van der Waals surface area (Å²) in [6.07, 6.45) is 2.31. The number of hydrogen-bond donors (Lipinski definition) is 2. The third-order valence-corrected chi connectivity index (χ3v) is 3.28. The molecule has 1 aliphatic rings. The minimum atomic E-state index is -0.233. The SMILES string of the molecule is Fc1cccc(Cl)c1CN[C@H]1CCCNC1. The fraction of sp³-hybridized carbons (Fsp3) is 0.500. The Balaban J connectivity index is 1.93. The zero-order chi connectivity index (χ0) is 11.4. The summed E-state index contributed by atoms with van der Waals surface area (Å²) in [6.45, 7) is 2.53. The number of halogens is 2. The predicted octanol–water partition coefficient (Wildman–Crippen LogP) is 2.32. The van der Waals surface area contributed by atoms with Crippen LogP contribution < -0.4 is 10.6 Å². The van der Waals surface area contributed by atoms with Gasteiger partial charge in [0, 0.05) is 29.7 Å². The van der Waals surface area contributed by atoms with Gasteiger partial charge in [-0.05, 0) is 31.5 Å². The quantitative estimate of drug-likeness (QED) is 0.850. The summed E-state index contributed by atoms with van der Waals surface area (Å²) in [5.41, 5.74) is 0.565. The molecule has 1 heterocycles. The van der Waals surface area contributed by atoms with E-state index in [1.54, 1.807) is 12.1 Å². The van der Waals surface area contributed by atoms with Gasteiger partial charge in [-0.2, -0.15) is 0 Å². The average Bonchev–Trinajstić information content (AvgIpc) is 2.30. The summed E-state index contributed by atoms with van der Waals surface area (Å²) in [5.74, 6) is -0.233. The molecule has 0 unspecified atom stereocenters. The molecule has 0 amide bonds. The van der Waals surface area contributed by atoms with Gasteiger partial charge in [-0.15, -0.1) is 0 Å². The molecule has 0 aliphatic carbocycles. The number of nitrogens with one attached hydrogen (secondary N) is 2. The summed E-state index contributed by atoms with van der Waals surface area (Å²) < 4.78 is 13.5. The molecule has 88 valence electrons. The fourth-order valence-corrected chi connectivity index (χ4v) is 2.20. The lowest BCUT2D eigenvalue weighted by Gasteiger charge is -2.24. The lowest BCUT2D eigenvalue weighted by Crippen LogP contribution is -2.42.